The molecule has 2 aliphatic rings. The lowest BCUT2D eigenvalue weighted by molar-refractivity contribution is -0.142. The number of fused-ring (bicyclic) bond motifs is 1. The van der Waals surface area contributed by atoms with Crippen LogP contribution < -0.4 is 15.4 Å². The second kappa shape index (κ2) is 13.4. The highest BCUT2D eigenvalue weighted by molar-refractivity contribution is 6.31. The Hall–Kier alpha value is -3.10. The van der Waals surface area contributed by atoms with Crippen molar-refractivity contribution in [1.82, 2.24) is 15.5 Å². The predicted molar refractivity (Wildman–Crippen MR) is 141 cm³/mol. The molecule has 1 saturated heterocycles. The van der Waals surface area contributed by atoms with E-state index in [0.717, 1.165) is 5.56 Å². The third-order valence-corrected chi connectivity index (χ3v) is 6.91. The van der Waals surface area contributed by atoms with Gasteiger partial charge < -0.3 is 25.0 Å². The largest absolute Gasteiger partial charge is 0.491 e. The van der Waals surface area contributed by atoms with Gasteiger partial charge in [-0.15, -0.1) is 0 Å². The van der Waals surface area contributed by atoms with Gasteiger partial charge in [-0.3, -0.25) is 14.4 Å². The van der Waals surface area contributed by atoms with Gasteiger partial charge in [0.05, 0.1) is 18.2 Å². The van der Waals surface area contributed by atoms with Crippen molar-refractivity contribution in [2.24, 2.45) is 5.92 Å². The number of carbonyl (C=O) groups excluding carboxylic acids is 3. The molecule has 3 amide bonds. The molecular weight excluding hydrogens is 494 g/mol. The third-order valence-electron chi connectivity index (χ3n) is 6.67. The number of halogens is 1. The smallest absolute Gasteiger partial charge is 0.255 e. The molecule has 0 spiro atoms. The van der Waals surface area contributed by atoms with Crippen molar-refractivity contribution in [3.05, 3.63) is 64.7 Å². The lowest BCUT2D eigenvalue weighted by Gasteiger charge is -2.30. The van der Waals surface area contributed by atoms with Crippen molar-refractivity contribution in [2.45, 2.75) is 38.1 Å². The van der Waals surface area contributed by atoms with Gasteiger partial charge >= 0.3 is 0 Å². The molecule has 0 bridgehead atoms. The van der Waals surface area contributed by atoms with Crippen molar-refractivity contribution in [3.63, 3.8) is 0 Å². The quantitative estimate of drug-likeness (QED) is 0.639. The van der Waals surface area contributed by atoms with Gasteiger partial charge in [0.25, 0.3) is 5.91 Å². The summed E-state index contributed by atoms with van der Waals surface area (Å²) < 4.78 is 11.5. The van der Waals surface area contributed by atoms with E-state index >= 15 is 0 Å². The number of carbonyl (C=O) groups is 3. The minimum atomic E-state index is -0.369. The number of rotatable bonds is 3. The fourth-order valence-electron chi connectivity index (χ4n) is 4.69. The Morgan fingerprint density at radius 3 is 2.62 bits per heavy atom. The average Bonchev–Trinajstić information content (AvgIpc) is 2.91. The number of benzene rings is 2. The summed E-state index contributed by atoms with van der Waals surface area (Å²) in [5.41, 5.74) is 1.39. The van der Waals surface area contributed by atoms with E-state index in [2.05, 4.69) is 10.6 Å². The van der Waals surface area contributed by atoms with Crippen molar-refractivity contribution >= 4 is 29.3 Å². The van der Waals surface area contributed by atoms with Crippen LogP contribution in [0.5, 0.6) is 5.75 Å². The monoisotopic (exact) mass is 527 g/mol. The minimum Gasteiger partial charge on any atom is -0.491 e. The lowest BCUT2D eigenvalue weighted by atomic mass is 9.98. The number of hydrogen-bond donors (Lipinski definition) is 2. The number of hydrogen-bond acceptors (Lipinski definition) is 5. The van der Waals surface area contributed by atoms with E-state index in [4.69, 9.17) is 21.1 Å². The first-order chi connectivity index (χ1) is 18.0. The van der Waals surface area contributed by atoms with E-state index in [-0.39, 0.29) is 42.8 Å². The van der Waals surface area contributed by atoms with Crippen molar-refractivity contribution < 1.29 is 23.9 Å². The molecule has 2 heterocycles. The Morgan fingerprint density at radius 1 is 1.05 bits per heavy atom. The summed E-state index contributed by atoms with van der Waals surface area (Å²) in [6, 6.07) is 14.4. The first-order valence-corrected chi connectivity index (χ1v) is 13.3. The fourth-order valence-corrected chi connectivity index (χ4v) is 4.86. The molecule has 9 heteroatoms. The van der Waals surface area contributed by atoms with Gasteiger partial charge in [-0.2, -0.15) is 0 Å². The maximum atomic E-state index is 13.3. The summed E-state index contributed by atoms with van der Waals surface area (Å²) in [6.45, 7) is 2.14. The fraction of sp³-hybridized carbons (Fsp3) is 0.464. The summed E-state index contributed by atoms with van der Waals surface area (Å²) in [6.07, 6.45) is 3.19. The lowest BCUT2D eigenvalue weighted by Crippen LogP contribution is -2.48. The summed E-state index contributed by atoms with van der Waals surface area (Å²) in [4.78, 5) is 41.0. The SMILES string of the molecule is O=C1CN(C(=O)C2CCOCC2)CCCCNC(=O)c2cc(Cl)ccc2OC[C@@H](Cc2ccccc2)N1. The van der Waals surface area contributed by atoms with Crippen LogP contribution in [0.15, 0.2) is 48.5 Å². The van der Waals surface area contributed by atoms with Crippen LogP contribution in [-0.2, 0) is 20.7 Å². The molecule has 2 N–H and O–H groups in total. The van der Waals surface area contributed by atoms with Gasteiger partial charge in [0.2, 0.25) is 11.8 Å². The molecular formula is C28H34ClN3O5. The van der Waals surface area contributed by atoms with E-state index in [1.165, 1.54) is 0 Å². The summed E-state index contributed by atoms with van der Waals surface area (Å²) in [5.74, 6) is -0.243. The van der Waals surface area contributed by atoms with E-state index in [1.807, 2.05) is 30.3 Å². The van der Waals surface area contributed by atoms with Crippen LogP contribution in [0.3, 0.4) is 0 Å². The molecule has 0 unspecified atom stereocenters. The molecule has 37 heavy (non-hydrogen) atoms. The molecule has 0 aromatic heterocycles. The van der Waals surface area contributed by atoms with Crippen LogP contribution in [0.1, 0.15) is 41.6 Å². The van der Waals surface area contributed by atoms with Crippen molar-refractivity contribution in [2.75, 3.05) is 39.5 Å². The zero-order valence-electron chi connectivity index (χ0n) is 20.9. The van der Waals surface area contributed by atoms with Crippen LogP contribution in [0.25, 0.3) is 0 Å². The molecule has 2 aromatic carbocycles. The van der Waals surface area contributed by atoms with Crippen LogP contribution >= 0.6 is 11.6 Å². The van der Waals surface area contributed by atoms with Crippen LogP contribution in [0.4, 0.5) is 0 Å². The zero-order valence-corrected chi connectivity index (χ0v) is 21.7. The van der Waals surface area contributed by atoms with Gasteiger partial charge in [-0.05, 0) is 55.9 Å². The van der Waals surface area contributed by atoms with Gasteiger partial charge in [0, 0.05) is 37.2 Å². The predicted octanol–water partition coefficient (Wildman–Crippen LogP) is 3.23. The molecule has 1 atom stereocenters. The van der Waals surface area contributed by atoms with Crippen LogP contribution in [0, 0.1) is 5.92 Å². The van der Waals surface area contributed by atoms with Crippen molar-refractivity contribution in [3.8, 4) is 5.75 Å². The first kappa shape index (κ1) is 26.9. The summed E-state index contributed by atoms with van der Waals surface area (Å²) in [7, 11) is 0. The second-order valence-corrected chi connectivity index (χ2v) is 9.95. The second-order valence-electron chi connectivity index (χ2n) is 9.52. The Kier molecular flexibility index (Phi) is 9.79. The van der Waals surface area contributed by atoms with Gasteiger partial charge in [-0.25, -0.2) is 0 Å². The molecule has 2 aromatic rings. The van der Waals surface area contributed by atoms with E-state index in [9.17, 15) is 14.4 Å². The molecule has 2 aliphatic heterocycles. The third kappa shape index (κ3) is 7.94. The normalized spacial score (nSPS) is 20.5. The van der Waals surface area contributed by atoms with Crippen LogP contribution in [-0.4, -0.2) is 68.1 Å². The topological polar surface area (TPSA) is 97.0 Å². The highest BCUT2D eigenvalue weighted by Gasteiger charge is 2.28. The highest BCUT2D eigenvalue weighted by atomic mass is 35.5. The summed E-state index contributed by atoms with van der Waals surface area (Å²) >= 11 is 6.16. The molecule has 0 aliphatic carbocycles. The molecule has 0 radical (unpaired) electrons. The van der Waals surface area contributed by atoms with Crippen LogP contribution in [0.2, 0.25) is 5.02 Å². The summed E-state index contributed by atoms with van der Waals surface area (Å²) in [5, 5.41) is 6.43. The van der Waals surface area contributed by atoms with E-state index in [1.54, 1.807) is 23.1 Å². The zero-order chi connectivity index (χ0) is 26.0. The standard InChI is InChI=1S/C28H34ClN3O5/c29-22-8-9-25-24(17-22)27(34)30-12-4-5-13-32(28(35)21-10-14-36-15-11-21)18-26(33)31-23(19-37-25)16-20-6-2-1-3-7-20/h1-3,6-9,17,21,23H,4-5,10-16,18-19H2,(H,30,34)(H,31,33)/t23-/m1/s1. The van der Waals surface area contributed by atoms with Crippen molar-refractivity contribution in [1.29, 1.82) is 0 Å². The van der Waals surface area contributed by atoms with Gasteiger partial charge in [0.1, 0.15) is 12.4 Å². The Morgan fingerprint density at radius 2 is 1.84 bits per heavy atom. The average molecular weight is 528 g/mol. The molecule has 4 rings (SSSR count). The number of amides is 3. The van der Waals surface area contributed by atoms with E-state index in [0.29, 0.717) is 74.7 Å². The Labute approximate surface area is 222 Å². The first-order valence-electron chi connectivity index (χ1n) is 12.9. The molecule has 198 valence electrons. The maximum Gasteiger partial charge on any atom is 0.255 e. The Bertz CT molecular complexity index is 1070. The number of nitrogens with one attached hydrogen (secondary N) is 2. The highest BCUT2D eigenvalue weighted by Crippen LogP contribution is 2.24. The molecule has 0 saturated carbocycles. The molecule has 8 nitrogen and oxygen atoms in total. The maximum absolute atomic E-state index is 13.3. The number of ether oxygens (including phenoxy) is 2. The molecule has 1 fully saturated rings. The van der Waals surface area contributed by atoms with Gasteiger partial charge in [0.15, 0.2) is 0 Å². The van der Waals surface area contributed by atoms with E-state index < -0.39 is 0 Å². The van der Waals surface area contributed by atoms with Gasteiger partial charge in [-0.1, -0.05) is 41.9 Å². The Balaban J connectivity index is 1.55. The minimum absolute atomic E-state index is 0.00953. The number of nitrogens with zero attached hydrogens (tertiary/aromatic N) is 1.